The topological polar surface area (TPSA) is 39.1 Å². The number of benzene rings is 1. The molecule has 0 saturated heterocycles. The van der Waals surface area contributed by atoms with Gasteiger partial charge in [-0.1, -0.05) is 25.1 Å². The predicted octanol–water partition coefficient (Wildman–Crippen LogP) is 2.44. The van der Waals surface area contributed by atoms with E-state index in [0.717, 1.165) is 37.6 Å². The van der Waals surface area contributed by atoms with Crippen LogP contribution in [0.3, 0.4) is 0 Å². The maximum Gasteiger partial charge on any atom is 0.130 e. The van der Waals surface area contributed by atoms with E-state index in [1.54, 1.807) is 0 Å². The molecule has 1 aromatic carbocycles. The standard InChI is InChI=1S/C16H21N3O/c1-3-17-14(16-18-9-10-19(16)2)13-8-4-6-12-7-5-11-20-15(12)13/h4,6,8-10,14,17H,3,5,7,11H2,1-2H3. The third-order valence-electron chi connectivity index (χ3n) is 3.80. The molecule has 2 aromatic rings. The minimum absolute atomic E-state index is 0.0769. The average molecular weight is 271 g/mol. The molecule has 0 amide bonds. The molecular formula is C16H21N3O. The van der Waals surface area contributed by atoms with Gasteiger partial charge < -0.3 is 14.6 Å². The van der Waals surface area contributed by atoms with Crippen LogP contribution in [-0.2, 0) is 13.5 Å². The zero-order valence-corrected chi connectivity index (χ0v) is 12.1. The Balaban J connectivity index is 2.06. The third kappa shape index (κ3) is 2.31. The highest BCUT2D eigenvalue weighted by Gasteiger charge is 2.24. The molecular weight excluding hydrogens is 250 g/mol. The summed E-state index contributed by atoms with van der Waals surface area (Å²) in [4.78, 5) is 4.50. The molecule has 1 aromatic heterocycles. The van der Waals surface area contributed by atoms with Crippen LogP contribution in [0, 0.1) is 0 Å². The van der Waals surface area contributed by atoms with Gasteiger partial charge in [0.05, 0.1) is 12.6 Å². The molecule has 4 heteroatoms. The fourth-order valence-electron chi connectivity index (χ4n) is 2.84. The first-order chi connectivity index (χ1) is 9.81. The van der Waals surface area contributed by atoms with Crippen LogP contribution >= 0.6 is 0 Å². The Labute approximate surface area is 119 Å². The maximum atomic E-state index is 5.94. The van der Waals surface area contributed by atoms with E-state index in [-0.39, 0.29) is 6.04 Å². The summed E-state index contributed by atoms with van der Waals surface area (Å²) < 4.78 is 8.01. The van der Waals surface area contributed by atoms with Crippen LogP contribution in [0.5, 0.6) is 5.75 Å². The molecule has 3 rings (SSSR count). The van der Waals surface area contributed by atoms with Crippen molar-refractivity contribution in [2.45, 2.75) is 25.8 Å². The van der Waals surface area contributed by atoms with E-state index < -0.39 is 0 Å². The van der Waals surface area contributed by atoms with E-state index in [1.807, 2.05) is 19.4 Å². The van der Waals surface area contributed by atoms with Crippen molar-refractivity contribution < 1.29 is 4.74 Å². The quantitative estimate of drug-likeness (QED) is 0.928. The van der Waals surface area contributed by atoms with Gasteiger partial charge in [0.25, 0.3) is 0 Å². The molecule has 0 bridgehead atoms. The van der Waals surface area contributed by atoms with Crippen molar-refractivity contribution in [2.24, 2.45) is 7.05 Å². The second kappa shape index (κ2) is 5.67. The van der Waals surface area contributed by atoms with Crippen LogP contribution in [0.2, 0.25) is 0 Å². The lowest BCUT2D eigenvalue weighted by Crippen LogP contribution is -2.26. The molecule has 0 saturated carbocycles. The molecule has 20 heavy (non-hydrogen) atoms. The van der Waals surface area contributed by atoms with Crippen molar-refractivity contribution in [1.29, 1.82) is 0 Å². The van der Waals surface area contributed by atoms with Gasteiger partial charge in [0.2, 0.25) is 0 Å². The van der Waals surface area contributed by atoms with E-state index in [9.17, 15) is 0 Å². The SMILES string of the molecule is CCNC(c1cccc2c1OCCC2)c1nccn1C. The number of fused-ring (bicyclic) bond motifs is 1. The van der Waals surface area contributed by atoms with Crippen molar-refractivity contribution in [2.75, 3.05) is 13.2 Å². The van der Waals surface area contributed by atoms with E-state index >= 15 is 0 Å². The molecule has 1 unspecified atom stereocenters. The number of hydrogen-bond acceptors (Lipinski definition) is 3. The summed E-state index contributed by atoms with van der Waals surface area (Å²) >= 11 is 0. The smallest absolute Gasteiger partial charge is 0.130 e. The second-order valence-electron chi connectivity index (χ2n) is 5.17. The van der Waals surface area contributed by atoms with Gasteiger partial charge in [0.1, 0.15) is 11.6 Å². The average Bonchev–Trinajstić information content (AvgIpc) is 2.90. The molecule has 0 aliphatic carbocycles. The highest BCUT2D eigenvalue weighted by molar-refractivity contribution is 5.46. The van der Waals surface area contributed by atoms with Gasteiger partial charge in [-0.2, -0.15) is 0 Å². The number of rotatable bonds is 4. The Morgan fingerprint density at radius 1 is 1.45 bits per heavy atom. The Hall–Kier alpha value is -1.81. The highest BCUT2D eigenvalue weighted by Crippen LogP contribution is 2.35. The molecule has 1 atom stereocenters. The number of ether oxygens (including phenoxy) is 1. The number of nitrogens with one attached hydrogen (secondary N) is 1. The summed E-state index contributed by atoms with van der Waals surface area (Å²) in [7, 11) is 2.03. The Bertz CT molecular complexity index is 591. The van der Waals surface area contributed by atoms with Crippen LogP contribution in [0.1, 0.15) is 36.3 Å². The lowest BCUT2D eigenvalue weighted by Gasteiger charge is -2.25. The zero-order chi connectivity index (χ0) is 13.9. The van der Waals surface area contributed by atoms with Crippen molar-refractivity contribution in [1.82, 2.24) is 14.9 Å². The first-order valence-electron chi connectivity index (χ1n) is 7.26. The number of nitrogens with zero attached hydrogens (tertiary/aromatic N) is 2. The Morgan fingerprint density at radius 3 is 3.10 bits per heavy atom. The molecule has 4 nitrogen and oxygen atoms in total. The molecule has 1 aliphatic heterocycles. The van der Waals surface area contributed by atoms with E-state index in [1.165, 1.54) is 11.1 Å². The number of hydrogen-bond donors (Lipinski definition) is 1. The Kier molecular flexibility index (Phi) is 3.74. The summed E-state index contributed by atoms with van der Waals surface area (Å²) in [5.74, 6) is 2.07. The first-order valence-corrected chi connectivity index (χ1v) is 7.26. The largest absolute Gasteiger partial charge is 0.493 e. The van der Waals surface area contributed by atoms with Crippen LogP contribution in [0.15, 0.2) is 30.6 Å². The van der Waals surface area contributed by atoms with Crippen molar-refractivity contribution in [3.8, 4) is 5.75 Å². The van der Waals surface area contributed by atoms with Gasteiger partial charge in [0.15, 0.2) is 0 Å². The third-order valence-corrected chi connectivity index (χ3v) is 3.80. The summed E-state index contributed by atoms with van der Waals surface area (Å²) in [6, 6.07) is 6.51. The lowest BCUT2D eigenvalue weighted by atomic mass is 9.97. The lowest BCUT2D eigenvalue weighted by molar-refractivity contribution is 0.282. The summed E-state index contributed by atoms with van der Waals surface area (Å²) in [6.07, 6.45) is 6.03. The fourth-order valence-corrected chi connectivity index (χ4v) is 2.84. The van der Waals surface area contributed by atoms with Gasteiger partial charge >= 0.3 is 0 Å². The minimum Gasteiger partial charge on any atom is -0.493 e. The van der Waals surface area contributed by atoms with Gasteiger partial charge in [-0.25, -0.2) is 4.98 Å². The molecule has 2 heterocycles. The van der Waals surface area contributed by atoms with Crippen molar-refractivity contribution >= 4 is 0 Å². The van der Waals surface area contributed by atoms with Crippen LogP contribution in [0.25, 0.3) is 0 Å². The van der Waals surface area contributed by atoms with E-state index in [0.29, 0.717) is 0 Å². The van der Waals surface area contributed by atoms with Crippen LogP contribution in [0.4, 0.5) is 0 Å². The zero-order valence-electron chi connectivity index (χ0n) is 12.1. The molecule has 0 fully saturated rings. The van der Waals surface area contributed by atoms with Crippen LogP contribution in [-0.4, -0.2) is 22.7 Å². The predicted molar refractivity (Wildman–Crippen MR) is 79.0 cm³/mol. The normalized spacial score (nSPS) is 15.5. The van der Waals surface area contributed by atoms with Crippen molar-refractivity contribution in [3.05, 3.63) is 47.5 Å². The fraction of sp³-hybridized carbons (Fsp3) is 0.438. The maximum absolute atomic E-state index is 5.94. The summed E-state index contributed by atoms with van der Waals surface area (Å²) in [5.41, 5.74) is 2.50. The number of aromatic nitrogens is 2. The van der Waals surface area contributed by atoms with Gasteiger partial charge in [-0.3, -0.25) is 0 Å². The van der Waals surface area contributed by atoms with Gasteiger partial charge in [-0.05, 0) is 24.9 Å². The summed E-state index contributed by atoms with van der Waals surface area (Å²) in [6.45, 7) is 3.82. The number of imidazole rings is 1. The Morgan fingerprint density at radius 2 is 2.35 bits per heavy atom. The molecule has 1 N–H and O–H groups in total. The molecule has 1 aliphatic rings. The van der Waals surface area contributed by atoms with Crippen molar-refractivity contribution in [3.63, 3.8) is 0 Å². The van der Waals surface area contributed by atoms with E-state index in [4.69, 9.17) is 4.74 Å². The summed E-state index contributed by atoms with van der Waals surface area (Å²) in [5, 5.41) is 3.53. The number of para-hydroxylation sites is 1. The van der Waals surface area contributed by atoms with Gasteiger partial charge in [-0.15, -0.1) is 0 Å². The molecule has 0 radical (unpaired) electrons. The van der Waals surface area contributed by atoms with Crippen LogP contribution < -0.4 is 10.1 Å². The van der Waals surface area contributed by atoms with Gasteiger partial charge in [0, 0.05) is 25.0 Å². The highest BCUT2D eigenvalue weighted by atomic mass is 16.5. The number of aryl methyl sites for hydroxylation is 2. The monoisotopic (exact) mass is 271 g/mol. The second-order valence-corrected chi connectivity index (χ2v) is 5.17. The first kappa shape index (κ1) is 13.2. The minimum atomic E-state index is 0.0769. The molecule has 0 spiro atoms. The molecule has 106 valence electrons. The van der Waals surface area contributed by atoms with E-state index in [2.05, 4.69) is 40.0 Å².